The second kappa shape index (κ2) is 4.31. The first-order valence-electron chi connectivity index (χ1n) is 6.02. The Morgan fingerprint density at radius 3 is 2.53 bits per heavy atom. The molecule has 0 bridgehead atoms. The molecule has 0 aliphatic heterocycles. The van der Waals surface area contributed by atoms with E-state index in [9.17, 15) is 4.79 Å². The highest BCUT2D eigenvalue weighted by atomic mass is 16.1. The molecular weight excluding hydrogens is 216 g/mol. The van der Waals surface area contributed by atoms with Crippen LogP contribution in [0.25, 0.3) is 11.0 Å². The monoisotopic (exact) mass is 234 g/mol. The minimum Gasteiger partial charge on any atom is -0.308 e. The second-order valence-corrected chi connectivity index (χ2v) is 4.75. The van der Waals surface area contributed by atoms with Crippen LogP contribution in [0.5, 0.6) is 0 Å². The SMILES string of the molecule is CCC(C)c1nc2c(C(C)C)[nH]nc2c(=O)[nH]1. The largest absolute Gasteiger partial charge is 0.308 e. The molecular formula is C12H18N4O. The molecule has 2 aromatic rings. The Kier molecular flexibility index (Phi) is 3.00. The van der Waals surface area contributed by atoms with Gasteiger partial charge in [0.05, 0.1) is 5.69 Å². The lowest BCUT2D eigenvalue weighted by atomic mass is 10.1. The van der Waals surface area contributed by atoms with E-state index < -0.39 is 0 Å². The smallest absolute Gasteiger partial charge is 0.279 e. The normalized spacial score (nSPS) is 13.5. The number of hydrogen-bond acceptors (Lipinski definition) is 3. The summed E-state index contributed by atoms with van der Waals surface area (Å²) in [7, 11) is 0. The first kappa shape index (κ1) is 11.8. The molecule has 0 radical (unpaired) electrons. The third kappa shape index (κ3) is 1.97. The Bertz CT molecular complexity index is 582. The van der Waals surface area contributed by atoms with Gasteiger partial charge in [0, 0.05) is 5.92 Å². The van der Waals surface area contributed by atoms with Gasteiger partial charge in [-0.1, -0.05) is 27.7 Å². The molecule has 2 rings (SSSR count). The Labute approximate surface area is 99.7 Å². The quantitative estimate of drug-likeness (QED) is 0.855. The summed E-state index contributed by atoms with van der Waals surface area (Å²) < 4.78 is 0. The minimum atomic E-state index is -0.159. The van der Waals surface area contributed by atoms with Gasteiger partial charge in [-0.25, -0.2) is 4.98 Å². The highest BCUT2D eigenvalue weighted by molar-refractivity contribution is 5.76. The summed E-state index contributed by atoms with van der Waals surface area (Å²) in [6.45, 7) is 8.24. The molecule has 17 heavy (non-hydrogen) atoms. The van der Waals surface area contributed by atoms with E-state index in [2.05, 4.69) is 47.9 Å². The van der Waals surface area contributed by atoms with E-state index in [1.807, 2.05) is 0 Å². The van der Waals surface area contributed by atoms with Crippen molar-refractivity contribution < 1.29 is 0 Å². The minimum absolute atomic E-state index is 0.159. The molecule has 0 aromatic carbocycles. The van der Waals surface area contributed by atoms with Gasteiger partial charge in [0.25, 0.3) is 5.56 Å². The Morgan fingerprint density at radius 2 is 1.94 bits per heavy atom. The molecule has 0 saturated carbocycles. The van der Waals surface area contributed by atoms with Gasteiger partial charge >= 0.3 is 0 Å². The number of rotatable bonds is 3. The number of fused-ring (bicyclic) bond motifs is 1. The lowest BCUT2D eigenvalue weighted by Gasteiger charge is -2.07. The summed E-state index contributed by atoms with van der Waals surface area (Å²) in [5.74, 6) is 1.27. The average Bonchev–Trinajstić information content (AvgIpc) is 2.72. The van der Waals surface area contributed by atoms with Crippen molar-refractivity contribution in [2.45, 2.75) is 46.0 Å². The fourth-order valence-corrected chi connectivity index (χ4v) is 1.77. The van der Waals surface area contributed by atoms with Gasteiger partial charge in [-0.2, -0.15) is 5.10 Å². The molecule has 0 aliphatic carbocycles. The zero-order chi connectivity index (χ0) is 12.6. The van der Waals surface area contributed by atoms with Crippen molar-refractivity contribution in [2.24, 2.45) is 0 Å². The van der Waals surface area contributed by atoms with Crippen molar-refractivity contribution in [1.29, 1.82) is 0 Å². The topological polar surface area (TPSA) is 74.4 Å². The average molecular weight is 234 g/mol. The van der Waals surface area contributed by atoms with Crippen LogP contribution in [0.2, 0.25) is 0 Å². The van der Waals surface area contributed by atoms with Crippen molar-refractivity contribution in [2.75, 3.05) is 0 Å². The molecule has 0 amide bonds. The van der Waals surface area contributed by atoms with Crippen LogP contribution in [0, 0.1) is 0 Å². The molecule has 2 N–H and O–H groups in total. The molecule has 0 fully saturated rings. The Hall–Kier alpha value is -1.65. The predicted molar refractivity (Wildman–Crippen MR) is 67.3 cm³/mol. The van der Waals surface area contributed by atoms with Gasteiger partial charge < -0.3 is 4.98 Å². The molecule has 0 saturated heterocycles. The zero-order valence-corrected chi connectivity index (χ0v) is 10.7. The van der Waals surface area contributed by atoms with Crippen LogP contribution in [-0.4, -0.2) is 20.2 Å². The number of nitrogens with zero attached hydrogens (tertiary/aromatic N) is 2. The van der Waals surface area contributed by atoms with E-state index >= 15 is 0 Å². The molecule has 1 unspecified atom stereocenters. The van der Waals surface area contributed by atoms with Crippen LogP contribution >= 0.6 is 0 Å². The van der Waals surface area contributed by atoms with E-state index in [4.69, 9.17) is 0 Å². The second-order valence-electron chi connectivity index (χ2n) is 4.75. The lowest BCUT2D eigenvalue weighted by molar-refractivity contribution is 0.679. The van der Waals surface area contributed by atoms with Gasteiger partial charge in [-0.15, -0.1) is 0 Å². The van der Waals surface area contributed by atoms with Crippen LogP contribution < -0.4 is 5.56 Å². The van der Waals surface area contributed by atoms with Crippen molar-refractivity contribution in [3.05, 3.63) is 21.9 Å². The zero-order valence-electron chi connectivity index (χ0n) is 10.7. The fraction of sp³-hybridized carbons (Fsp3) is 0.583. The number of aromatic nitrogens is 4. The van der Waals surface area contributed by atoms with Gasteiger partial charge in [-0.3, -0.25) is 9.89 Å². The summed E-state index contributed by atoms with van der Waals surface area (Å²) in [5, 5.41) is 6.94. The highest BCUT2D eigenvalue weighted by Crippen LogP contribution is 2.21. The summed E-state index contributed by atoms with van der Waals surface area (Å²) in [6, 6.07) is 0. The van der Waals surface area contributed by atoms with Crippen molar-refractivity contribution in [1.82, 2.24) is 20.2 Å². The first-order chi connectivity index (χ1) is 8.04. The van der Waals surface area contributed by atoms with Gasteiger partial charge in [-0.05, 0) is 12.3 Å². The number of aromatic amines is 2. The molecule has 92 valence electrons. The van der Waals surface area contributed by atoms with E-state index in [1.165, 1.54) is 0 Å². The van der Waals surface area contributed by atoms with Crippen LogP contribution in [0.15, 0.2) is 4.79 Å². The van der Waals surface area contributed by atoms with Crippen LogP contribution in [0.4, 0.5) is 0 Å². The molecule has 1 atom stereocenters. The predicted octanol–water partition coefficient (Wildman–Crippen LogP) is 2.28. The highest BCUT2D eigenvalue weighted by Gasteiger charge is 2.16. The van der Waals surface area contributed by atoms with Crippen molar-refractivity contribution in [3.63, 3.8) is 0 Å². The van der Waals surface area contributed by atoms with E-state index in [0.29, 0.717) is 11.0 Å². The summed E-state index contributed by atoms with van der Waals surface area (Å²) in [5.41, 5.74) is 1.88. The third-order valence-electron chi connectivity index (χ3n) is 3.11. The maximum Gasteiger partial charge on any atom is 0.279 e. The molecule has 5 heteroatoms. The first-order valence-corrected chi connectivity index (χ1v) is 6.02. The fourth-order valence-electron chi connectivity index (χ4n) is 1.77. The number of nitrogens with one attached hydrogen (secondary N) is 2. The van der Waals surface area contributed by atoms with E-state index in [1.54, 1.807) is 0 Å². The number of H-pyrrole nitrogens is 2. The van der Waals surface area contributed by atoms with Crippen LogP contribution in [-0.2, 0) is 0 Å². The maximum absolute atomic E-state index is 11.9. The summed E-state index contributed by atoms with van der Waals surface area (Å²) in [6.07, 6.45) is 0.948. The Morgan fingerprint density at radius 1 is 1.24 bits per heavy atom. The van der Waals surface area contributed by atoms with E-state index in [0.717, 1.165) is 17.9 Å². The van der Waals surface area contributed by atoms with Gasteiger partial charge in [0.15, 0.2) is 5.52 Å². The molecule has 0 spiro atoms. The Balaban J connectivity index is 2.69. The standard InChI is InChI=1S/C12H18N4O/c1-5-7(4)11-13-9-8(6(2)3)15-16-10(9)12(17)14-11/h6-7H,5H2,1-4H3,(H,15,16)(H,13,14,17). The summed E-state index contributed by atoms with van der Waals surface area (Å²) in [4.78, 5) is 19.2. The van der Waals surface area contributed by atoms with Crippen LogP contribution in [0.3, 0.4) is 0 Å². The van der Waals surface area contributed by atoms with Gasteiger partial charge in [0.1, 0.15) is 11.3 Å². The van der Waals surface area contributed by atoms with Crippen molar-refractivity contribution in [3.8, 4) is 0 Å². The number of hydrogen-bond donors (Lipinski definition) is 2. The van der Waals surface area contributed by atoms with E-state index in [-0.39, 0.29) is 17.4 Å². The molecule has 5 nitrogen and oxygen atoms in total. The summed E-state index contributed by atoms with van der Waals surface area (Å²) >= 11 is 0. The lowest BCUT2D eigenvalue weighted by Crippen LogP contribution is -2.13. The third-order valence-corrected chi connectivity index (χ3v) is 3.11. The maximum atomic E-state index is 11.9. The molecule has 0 aliphatic rings. The van der Waals surface area contributed by atoms with Crippen molar-refractivity contribution >= 4 is 11.0 Å². The van der Waals surface area contributed by atoms with Gasteiger partial charge in [0.2, 0.25) is 0 Å². The molecule has 2 heterocycles. The molecule has 2 aromatic heterocycles. The van der Waals surface area contributed by atoms with Crippen LogP contribution in [0.1, 0.15) is 57.5 Å².